The fourth-order valence-corrected chi connectivity index (χ4v) is 2.21. The zero-order chi connectivity index (χ0) is 12.8. The molecule has 96 valence electrons. The van der Waals surface area contributed by atoms with Gasteiger partial charge in [-0.1, -0.05) is 6.92 Å². The molecule has 1 aromatic rings. The standard InChI is InChI=1S/C13H17N3O2/c1-13(4-5-13)10-3-2-9(18-12(14)17)11(16-10)8-6-15-7-8/h2-3,8,15H,4-7H2,1H3,(H2,14,17). The first-order valence-electron chi connectivity index (χ1n) is 6.28. The second-order valence-corrected chi connectivity index (χ2v) is 5.42. The maximum Gasteiger partial charge on any atom is 0.410 e. The van der Waals surface area contributed by atoms with Crippen LogP contribution in [0.3, 0.4) is 0 Å². The molecule has 18 heavy (non-hydrogen) atoms. The maximum absolute atomic E-state index is 10.9. The lowest BCUT2D eigenvalue weighted by molar-refractivity contribution is 0.209. The molecule has 2 fully saturated rings. The number of nitrogens with two attached hydrogens (primary N) is 1. The van der Waals surface area contributed by atoms with Crippen LogP contribution >= 0.6 is 0 Å². The van der Waals surface area contributed by atoms with Gasteiger partial charge in [0, 0.05) is 30.1 Å². The molecule has 2 heterocycles. The van der Waals surface area contributed by atoms with E-state index in [1.54, 1.807) is 0 Å². The molecule has 1 aromatic heterocycles. The number of hydrogen-bond donors (Lipinski definition) is 2. The predicted molar refractivity (Wildman–Crippen MR) is 66.6 cm³/mol. The van der Waals surface area contributed by atoms with Crippen molar-refractivity contribution in [2.75, 3.05) is 13.1 Å². The number of nitrogens with zero attached hydrogens (tertiary/aromatic N) is 1. The number of pyridine rings is 1. The summed E-state index contributed by atoms with van der Waals surface area (Å²) in [5.74, 6) is 0.823. The van der Waals surface area contributed by atoms with Gasteiger partial charge in [-0.3, -0.25) is 4.98 Å². The van der Waals surface area contributed by atoms with E-state index >= 15 is 0 Å². The van der Waals surface area contributed by atoms with Gasteiger partial charge >= 0.3 is 6.09 Å². The average molecular weight is 247 g/mol. The number of ether oxygens (including phenoxy) is 1. The molecule has 0 bridgehead atoms. The van der Waals surface area contributed by atoms with E-state index in [2.05, 4.69) is 12.2 Å². The Kier molecular flexibility index (Phi) is 2.52. The molecule has 0 aromatic carbocycles. The smallest absolute Gasteiger partial charge is 0.409 e. The van der Waals surface area contributed by atoms with Gasteiger partial charge in [0.15, 0.2) is 5.75 Å². The van der Waals surface area contributed by atoms with Crippen molar-refractivity contribution in [1.29, 1.82) is 0 Å². The second-order valence-electron chi connectivity index (χ2n) is 5.42. The van der Waals surface area contributed by atoms with Gasteiger partial charge in [-0.2, -0.15) is 0 Å². The van der Waals surface area contributed by atoms with Crippen molar-refractivity contribution in [3.05, 3.63) is 23.5 Å². The average Bonchev–Trinajstić information content (AvgIpc) is 2.97. The summed E-state index contributed by atoms with van der Waals surface area (Å²) in [4.78, 5) is 15.6. The molecule has 3 N–H and O–H groups in total. The van der Waals surface area contributed by atoms with Gasteiger partial charge < -0.3 is 15.8 Å². The molecule has 0 unspecified atom stereocenters. The van der Waals surface area contributed by atoms with Crippen LogP contribution in [0.1, 0.15) is 37.1 Å². The molecule has 1 saturated carbocycles. The summed E-state index contributed by atoms with van der Waals surface area (Å²) >= 11 is 0. The highest BCUT2D eigenvalue weighted by Gasteiger charge is 2.41. The molecule has 0 atom stereocenters. The summed E-state index contributed by atoms with van der Waals surface area (Å²) in [7, 11) is 0. The highest BCUT2D eigenvalue weighted by Crippen LogP contribution is 2.47. The molecular weight excluding hydrogens is 230 g/mol. The Hall–Kier alpha value is -1.62. The molecule has 0 spiro atoms. The van der Waals surface area contributed by atoms with Crippen LogP contribution in [-0.4, -0.2) is 24.2 Å². The molecule has 5 nitrogen and oxygen atoms in total. The third-order valence-corrected chi connectivity index (χ3v) is 3.88. The summed E-state index contributed by atoms with van der Waals surface area (Å²) in [6.45, 7) is 3.97. The van der Waals surface area contributed by atoms with E-state index in [1.807, 2.05) is 12.1 Å². The van der Waals surface area contributed by atoms with Gasteiger partial charge in [-0.15, -0.1) is 0 Å². The van der Waals surface area contributed by atoms with Gasteiger partial charge in [0.05, 0.1) is 5.69 Å². The van der Waals surface area contributed by atoms with Crippen LogP contribution in [-0.2, 0) is 5.41 Å². The van der Waals surface area contributed by atoms with Gasteiger partial charge in [-0.25, -0.2) is 4.79 Å². The Morgan fingerprint density at radius 1 is 1.50 bits per heavy atom. The largest absolute Gasteiger partial charge is 0.410 e. The monoisotopic (exact) mass is 247 g/mol. The molecule has 0 radical (unpaired) electrons. The highest BCUT2D eigenvalue weighted by atomic mass is 16.5. The predicted octanol–water partition coefficient (Wildman–Crippen LogP) is 1.28. The lowest BCUT2D eigenvalue weighted by atomic mass is 9.96. The Bertz CT molecular complexity index is 493. The molecule has 1 saturated heterocycles. The first-order valence-corrected chi connectivity index (χ1v) is 6.28. The van der Waals surface area contributed by atoms with Gasteiger partial charge in [0.2, 0.25) is 0 Å². The van der Waals surface area contributed by atoms with Crippen LogP contribution in [0.4, 0.5) is 4.79 Å². The zero-order valence-electron chi connectivity index (χ0n) is 10.4. The number of carbonyl (C=O) groups is 1. The summed E-state index contributed by atoms with van der Waals surface area (Å²) < 4.78 is 5.04. The van der Waals surface area contributed by atoms with Crippen LogP contribution in [0.5, 0.6) is 5.75 Å². The van der Waals surface area contributed by atoms with E-state index in [1.165, 1.54) is 12.8 Å². The Balaban J connectivity index is 1.95. The van der Waals surface area contributed by atoms with Gasteiger partial charge in [0.25, 0.3) is 0 Å². The number of carbonyl (C=O) groups excluding carboxylic acids is 1. The molecule has 1 amide bonds. The number of hydrogen-bond acceptors (Lipinski definition) is 4. The van der Waals surface area contributed by atoms with E-state index in [4.69, 9.17) is 15.5 Å². The van der Waals surface area contributed by atoms with Crippen LogP contribution in [0, 0.1) is 0 Å². The fourth-order valence-electron chi connectivity index (χ4n) is 2.21. The van der Waals surface area contributed by atoms with E-state index < -0.39 is 6.09 Å². The van der Waals surface area contributed by atoms with Crippen molar-refractivity contribution in [2.24, 2.45) is 5.73 Å². The summed E-state index contributed by atoms with van der Waals surface area (Å²) in [5, 5.41) is 3.20. The first-order chi connectivity index (χ1) is 8.58. The third kappa shape index (κ3) is 1.95. The Morgan fingerprint density at radius 2 is 2.22 bits per heavy atom. The maximum atomic E-state index is 10.9. The normalized spacial score (nSPS) is 21.2. The summed E-state index contributed by atoms with van der Waals surface area (Å²) in [6.07, 6.45) is 1.58. The Labute approximate surface area is 106 Å². The minimum Gasteiger partial charge on any atom is -0.409 e. The van der Waals surface area contributed by atoms with E-state index in [0.717, 1.165) is 24.5 Å². The quantitative estimate of drug-likeness (QED) is 0.843. The Morgan fingerprint density at radius 3 is 2.72 bits per heavy atom. The topological polar surface area (TPSA) is 77.2 Å². The number of rotatable bonds is 3. The van der Waals surface area contributed by atoms with Crippen LogP contribution < -0.4 is 15.8 Å². The molecular formula is C13H17N3O2. The number of aromatic nitrogens is 1. The fraction of sp³-hybridized carbons (Fsp3) is 0.538. The van der Waals surface area contributed by atoms with E-state index in [9.17, 15) is 4.79 Å². The molecule has 5 heteroatoms. The number of nitrogens with one attached hydrogen (secondary N) is 1. The zero-order valence-corrected chi connectivity index (χ0v) is 10.4. The van der Waals surface area contributed by atoms with Gasteiger partial charge in [0.1, 0.15) is 0 Å². The molecule has 1 aliphatic heterocycles. The molecule has 1 aliphatic carbocycles. The van der Waals surface area contributed by atoms with Crippen molar-refractivity contribution < 1.29 is 9.53 Å². The molecule has 3 rings (SSSR count). The number of amides is 1. The van der Waals surface area contributed by atoms with Crippen molar-refractivity contribution in [3.8, 4) is 5.75 Å². The van der Waals surface area contributed by atoms with Crippen LogP contribution in [0.15, 0.2) is 12.1 Å². The van der Waals surface area contributed by atoms with Crippen molar-refractivity contribution in [1.82, 2.24) is 10.3 Å². The third-order valence-electron chi connectivity index (χ3n) is 3.88. The minimum atomic E-state index is -0.782. The van der Waals surface area contributed by atoms with E-state index in [0.29, 0.717) is 11.7 Å². The lowest BCUT2D eigenvalue weighted by Crippen LogP contribution is -2.41. The van der Waals surface area contributed by atoms with Crippen LogP contribution in [0.25, 0.3) is 0 Å². The van der Waals surface area contributed by atoms with Crippen molar-refractivity contribution >= 4 is 6.09 Å². The SMILES string of the molecule is CC1(c2ccc(OC(N)=O)c(C3CNC3)n2)CC1. The highest BCUT2D eigenvalue weighted by molar-refractivity contribution is 5.68. The van der Waals surface area contributed by atoms with Crippen LogP contribution in [0.2, 0.25) is 0 Å². The summed E-state index contributed by atoms with van der Waals surface area (Å²) in [5.41, 5.74) is 7.26. The lowest BCUT2D eigenvalue weighted by Gasteiger charge is -2.28. The molecule has 2 aliphatic rings. The summed E-state index contributed by atoms with van der Waals surface area (Å²) in [6, 6.07) is 3.77. The number of primary amides is 1. The van der Waals surface area contributed by atoms with Gasteiger partial charge in [-0.05, 0) is 25.0 Å². The van der Waals surface area contributed by atoms with Crippen molar-refractivity contribution in [2.45, 2.75) is 31.1 Å². The van der Waals surface area contributed by atoms with Crippen molar-refractivity contribution in [3.63, 3.8) is 0 Å². The first kappa shape index (κ1) is 11.5. The second kappa shape index (κ2) is 3.95. The van der Waals surface area contributed by atoms with E-state index in [-0.39, 0.29) is 5.41 Å². The minimum absolute atomic E-state index is 0.219.